The van der Waals surface area contributed by atoms with E-state index in [1.54, 1.807) is 30.5 Å². The van der Waals surface area contributed by atoms with Gasteiger partial charge in [-0.2, -0.15) is 0 Å². The number of rotatable bonds is 8. The van der Waals surface area contributed by atoms with Crippen LogP contribution in [0.5, 0.6) is 5.88 Å². The van der Waals surface area contributed by atoms with Gasteiger partial charge in [0, 0.05) is 17.8 Å². The van der Waals surface area contributed by atoms with Crippen LogP contribution in [0.2, 0.25) is 0 Å². The zero-order valence-corrected chi connectivity index (χ0v) is 12.8. The number of ether oxygens (including phenoxy) is 1. The van der Waals surface area contributed by atoms with Crippen LogP contribution in [0.25, 0.3) is 11.1 Å². The summed E-state index contributed by atoms with van der Waals surface area (Å²) in [5.74, 6) is -0.293. The number of unbranched alkanes of at least 4 members (excludes halogenated alkanes) is 3. The SMILES string of the molecule is CCCCCCOc1ccc(-c2ccc(C(=O)O)cc2)cn1. The van der Waals surface area contributed by atoms with Gasteiger partial charge < -0.3 is 9.84 Å². The Morgan fingerprint density at radius 3 is 2.36 bits per heavy atom. The minimum absolute atomic E-state index is 0.281. The molecule has 0 aliphatic rings. The summed E-state index contributed by atoms with van der Waals surface area (Å²) >= 11 is 0. The lowest BCUT2D eigenvalue weighted by Crippen LogP contribution is -1.99. The van der Waals surface area contributed by atoms with Crippen LogP contribution in [0.1, 0.15) is 43.0 Å². The first kappa shape index (κ1) is 16.0. The van der Waals surface area contributed by atoms with Crippen LogP contribution in [0, 0.1) is 0 Å². The van der Waals surface area contributed by atoms with E-state index in [-0.39, 0.29) is 5.56 Å². The Hall–Kier alpha value is -2.36. The van der Waals surface area contributed by atoms with Crippen LogP contribution in [-0.2, 0) is 0 Å². The number of benzene rings is 1. The van der Waals surface area contributed by atoms with Crippen LogP contribution in [0.4, 0.5) is 0 Å². The molecule has 0 fully saturated rings. The van der Waals surface area contributed by atoms with E-state index in [1.165, 1.54) is 19.3 Å². The summed E-state index contributed by atoms with van der Waals surface area (Å²) in [7, 11) is 0. The lowest BCUT2D eigenvalue weighted by Gasteiger charge is -2.06. The van der Waals surface area contributed by atoms with Crippen molar-refractivity contribution in [3.63, 3.8) is 0 Å². The largest absolute Gasteiger partial charge is 0.478 e. The molecule has 0 aliphatic carbocycles. The Balaban J connectivity index is 1.92. The predicted octanol–water partition coefficient (Wildman–Crippen LogP) is 4.41. The first-order valence-electron chi connectivity index (χ1n) is 7.63. The molecule has 22 heavy (non-hydrogen) atoms. The summed E-state index contributed by atoms with van der Waals surface area (Å²) in [5.41, 5.74) is 2.16. The zero-order chi connectivity index (χ0) is 15.8. The number of aromatic nitrogens is 1. The molecular formula is C18H21NO3. The molecule has 116 valence electrons. The van der Waals surface area contributed by atoms with E-state index in [1.807, 2.05) is 12.1 Å². The van der Waals surface area contributed by atoms with Gasteiger partial charge in [-0.05, 0) is 30.2 Å². The second kappa shape index (κ2) is 8.17. The van der Waals surface area contributed by atoms with Crippen molar-refractivity contribution in [2.24, 2.45) is 0 Å². The standard InChI is InChI=1S/C18H21NO3/c1-2-3-4-5-12-22-17-11-10-16(13-19-17)14-6-8-15(9-7-14)18(20)21/h6-11,13H,2-5,12H2,1H3,(H,20,21). The molecule has 1 aromatic heterocycles. The van der Waals surface area contributed by atoms with Crippen LogP contribution in [0.15, 0.2) is 42.6 Å². The van der Waals surface area contributed by atoms with Crippen molar-refractivity contribution in [2.45, 2.75) is 32.6 Å². The Kier molecular flexibility index (Phi) is 5.95. The molecule has 4 nitrogen and oxygen atoms in total. The molecule has 0 spiro atoms. The van der Waals surface area contributed by atoms with Gasteiger partial charge in [-0.1, -0.05) is 38.3 Å². The van der Waals surface area contributed by atoms with E-state index in [9.17, 15) is 4.79 Å². The van der Waals surface area contributed by atoms with Gasteiger partial charge >= 0.3 is 5.97 Å². The van der Waals surface area contributed by atoms with Gasteiger partial charge in [0.05, 0.1) is 12.2 Å². The quantitative estimate of drug-likeness (QED) is 0.734. The molecule has 1 N–H and O–H groups in total. The minimum Gasteiger partial charge on any atom is -0.478 e. The summed E-state index contributed by atoms with van der Waals surface area (Å²) in [6.45, 7) is 2.88. The third-order valence-electron chi connectivity index (χ3n) is 3.45. The first-order valence-corrected chi connectivity index (χ1v) is 7.63. The lowest BCUT2D eigenvalue weighted by molar-refractivity contribution is 0.0697. The number of hydrogen-bond donors (Lipinski definition) is 1. The Bertz CT molecular complexity index is 591. The zero-order valence-electron chi connectivity index (χ0n) is 12.8. The molecule has 4 heteroatoms. The van der Waals surface area contributed by atoms with Crippen molar-refractivity contribution in [1.29, 1.82) is 0 Å². The van der Waals surface area contributed by atoms with E-state index in [4.69, 9.17) is 9.84 Å². The van der Waals surface area contributed by atoms with Crippen LogP contribution in [-0.4, -0.2) is 22.7 Å². The molecule has 0 saturated carbocycles. The highest BCUT2D eigenvalue weighted by Crippen LogP contribution is 2.21. The molecule has 1 aromatic carbocycles. The van der Waals surface area contributed by atoms with E-state index >= 15 is 0 Å². The molecule has 2 rings (SSSR count). The number of carboxylic acid groups (broad SMARTS) is 1. The van der Waals surface area contributed by atoms with E-state index in [0.29, 0.717) is 12.5 Å². The third-order valence-corrected chi connectivity index (χ3v) is 3.45. The van der Waals surface area contributed by atoms with Crippen LogP contribution < -0.4 is 4.74 Å². The van der Waals surface area contributed by atoms with Crippen molar-refractivity contribution in [3.05, 3.63) is 48.2 Å². The maximum atomic E-state index is 10.8. The second-order valence-electron chi connectivity index (χ2n) is 5.18. The normalized spacial score (nSPS) is 10.4. The summed E-state index contributed by atoms with van der Waals surface area (Å²) < 4.78 is 5.61. The van der Waals surface area contributed by atoms with Crippen molar-refractivity contribution < 1.29 is 14.6 Å². The number of nitrogens with zero attached hydrogens (tertiary/aromatic N) is 1. The van der Waals surface area contributed by atoms with Crippen molar-refractivity contribution >= 4 is 5.97 Å². The molecule has 1 heterocycles. The molecule has 0 radical (unpaired) electrons. The van der Waals surface area contributed by atoms with Gasteiger partial charge in [0.2, 0.25) is 5.88 Å². The Morgan fingerprint density at radius 2 is 1.77 bits per heavy atom. The highest BCUT2D eigenvalue weighted by Gasteiger charge is 2.04. The molecule has 0 unspecified atom stereocenters. The van der Waals surface area contributed by atoms with Crippen LogP contribution >= 0.6 is 0 Å². The van der Waals surface area contributed by atoms with E-state index in [2.05, 4.69) is 11.9 Å². The fourth-order valence-corrected chi connectivity index (χ4v) is 2.15. The number of aromatic carboxylic acids is 1. The van der Waals surface area contributed by atoms with Gasteiger partial charge in [0.25, 0.3) is 0 Å². The second-order valence-corrected chi connectivity index (χ2v) is 5.18. The molecule has 0 aliphatic heterocycles. The number of carboxylic acids is 1. The van der Waals surface area contributed by atoms with Gasteiger partial charge in [-0.15, -0.1) is 0 Å². The van der Waals surface area contributed by atoms with Crippen LogP contribution in [0.3, 0.4) is 0 Å². The lowest BCUT2D eigenvalue weighted by atomic mass is 10.1. The molecule has 2 aromatic rings. The summed E-state index contributed by atoms with van der Waals surface area (Å²) in [6, 6.07) is 10.5. The minimum atomic E-state index is -0.920. The van der Waals surface area contributed by atoms with Crippen molar-refractivity contribution in [2.75, 3.05) is 6.61 Å². The number of pyridine rings is 1. The Labute approximate surface area is 130 Å². The summed E-state index contributed by atoms with van der Waals surface area (Å²) in [5, 5.41) is 8.89. The third kappa shape index (κ3) is 4.58. The summed E-state index contributed by atoms with van der Waals surface area (Å²) in [6.07, 6.45) is 6.44. The average molecular weight is 299 g/mol. The smallest absolute Gasteiger partial charge is 0.335 e. The molecular weight excluding hydrogens is 278 g/mol. The maximum absolute atomic E-state index is 10.8. The maximum Gasteiger partial charge on any atom is 0.335 e. The average Bonchev–Trinajstić information content (AvgIpc) is 2.55. The molecule has 0 bridgehead atoms. The highest BCUT2D eigenvalue weighted by molar-refractivity contribution is 5.88. The van der Waals surface area contributed by atoms with E-state index in [0.717, 1.165) is 17.5 Å². The predicted molar refractivity (Wildman–Crippen MR) is 86.3 cm³/mol. The summed E-state index contributed by atoms with van der Waals surface area (Å²) in [4.78, 5) is 15.1. The van der Waals surface area contributed by atoms with Gasteiger partial charge in [-0.3, -0.25) is 0 Å². The highest BCUT2D eigenvalue weighted by atomic mass is 16.5. The number of carbonyl (C=O) groups is 1. The monoisotopic (exact) mass is 299 g/mol. The van der Waals surface area contributed by atoms with E-state index < -0.39 is 5.97 Å². The van der Waals surface area contributed by atoms with Gasteiger partial charge in [0.1, 0.15) is 0 Å². The molecule has 0 amide bonds. The van der Waals surface area contributed by atoms with Crippen molar-refractivity contribution in [1.82, 2.24) is 4.98 Å². The first-order chi connectivity index (χ1) is 10.7. The fourth-order valence-electron chi connectivity index (χ4n) is 2.15. The number of hydrogen-bond acceptors (Lipinski definition) is 3. The fraction of sp³-hybridized carbons (Fsp3) is 0.333. The molecule has 0 atom stereocenters. The topological polar surface area (TPSA) is 59.4 Å². The van der Waals surface area contributed by atoms with Gasteiger partial charge in [0.15, 0.2) is 0 Å². The molecule has 0 saturated heterocycles. The van der Waals surface area contributed by atoms with Gasteiger partial charge in [-0.25, -0.2) is 9.78 Å². The Morgan fingerprint density at radius 1 is 1.05 bits per heavy atom. The van der Waals surface area contributed by atoms with Crippen molar-refractivity contribution in [3.8, 4) is 17.0 Å².